The molecule has 0 bridgehead atoms. The molecule has 0 aromatic heterocycles. The van der Waals surface area contributed by atoms with Gasteiger partial charge in [-0.25, -0.2) is 8.78 Å². The number of alkyl halides is 5. The summed E-state index contributed by atoms with van der Waals surface area (Å²) >= 11 is 0. The molecule has 0 aromatic carbocycles. The van der Waals surface area contributed by atoms with E-state index in [1.54, 1.807) is 0 Å². The molecule has 0 heterocycles. The molecule has 0 saturated carbocycles. The van der Waals surface area contributed by atoms with Crippen LogP contribution in [0.1, 0.15) is 0 Å². The molecular weight excluding hydrogens is 220 g/mol. The van der Waals surface area contributed by atoms with E-state index in [1.807, 2.05) is 0 Å². The summed E-state index contributed by atoms with van der Waals surface area (Å²) in [5.74, 6) is -2.40. The van der Waals surface area contributed by atoms with Crippen LogP contribution in [0, 0.1) is 0 Å². The lowest BCUT2D eigenvalue weighted by Crippen LogP contribution is -2.58. The Balaban J connectivity index is 4.96. The van der Waals surface area contributed by atoms with Crippen LogP contribution in [0.2, 0.25) is 0 Å². The van der Waals surface area contributed by atoms with Crippen molar-refractivity contribution in [1.82, 2.24) is 5.54 Å². The van der Waals surface area contributed by atoms with Gasteiger partial charge in [0.2, 0.25) is 11.8 Å². The van der Waals surface area contributed by atoms with Crippen molar-refractivity contribution in [3.63, 3.8) is 0 Å². The van der Waals surface area contributed by atoms with Crippen molar-refractivity contribution in [1.29, 1.82) is 0 Å². The third-order valence-corrected chi connectivity index (χ3v) is 1.44. The van der Waals surface area contributed by atoms with E-state index in [4.69, 9.17) is 5.11 Å². The number of hydrogen-bond acceptors (Lipinski definition) is 2. The summed E-state index contributed by atoms with van der Waals surface area (Å²) in [6, 6.07) is 0. The van der Waals surface area contributed by atoms with Gasteiger partial charge in [-0.15, -0.1) is 4.48 Å². The number of aliphatic hydroxyl groups is 1. The third-order valence-electron chi connectivity index (χ3n) is 1.44. The zero-order valence-corrected chi connectivity index (χ0v) is 6.41. The van der Waals surface area contributed by atoms with Crippen LogP contribution >= 0.6 is 0 Å². The summed E-state index contributed by atoms with van der Waals surface area (Å²) in [5.41, 5.74) is -4.49. The molecule has 0 aliphatic heterocycles. The average molecular weight is 225 g/mol. The largest absolute Gasteiger partial charge is 0.423 e. The Hall–Kier alpha value is -0.990. The maximum absolute atomic E-state index is 12.5. The van der Waals surface area contributed by atoms with Crippen LogP contribution in [0.25, 0.3) is 0 Å². The lowest BCUT2D eigenvalue weighted by atomic mass is 9.98. The van der Waals surface area contributed by atoms with Crippen LogP contribution in [0.3, 0.4) is 0 Å². The number of rotatable bonds is 3. The van der Waals surface area contributed by atoms with Gasteiger partial charge in [0.05, 0.1) is 0 Å². The Kier molecular flexibility index (Phi) is 3.74. The predicted molar refractivity (Wildman–Crippen MR) is 31.1 cm³/mol. The summed E-state index contributed by atoms with van der Waals surface area (Å²) in [6.45, 7) is -2.59. The Morgan fingerprint density at radius 1 is 1.43 bits per heavy atom. The molecule has 0 saturated heterocycles. The fourth-order valence-corrected chi connectivity index (χ4v) is 0.552. The number of hydrogen-bond donors (Lipinski definition) is 2. The molecule has 9 heteroatoms. The van der Waals surface area contributed by atoms with Crippen molar-refractivity contribution in [3.05, 3.63) is 0 Å². The molecule has 0 radical (unpaired) electrons. The van der Waals surface area contributed by atoms with Crippen LogP contribution in [-0.2, 0) is 4.79 Å². The molecule has 84 valence electrons. The molecule has 0 aromatic rings. The van der Waals surface area contributed by atoms with E-state index in [9.17, 15) is 31.2 Å². The first-order valence-electron chi connectivity index (χ1n) is 3.10. The highest BCUT2D eigenvalue weighted by atomic mass is 19.4. The van der Waals surface area contributed by atoms with E-state index < -0.39 is 30.5 Å². The van der Waals surface area contributed by atoms with Gasteiger partial charge in [-0.05, 0) is 0 Å². The highest BCUT2D eigenvalue weighted by Gasteiger charge is 2.62. The molecule has 2 unspecified atom stereocenters. The van der Waals surface area contributed by atoms with Crippen LogP contribution in [0.4, 0.5) is 26.4 Å². The molecule has 0 spiro atoms. The van der Waals surface area contributed by atoms with E-state index in [1.165, 1.54) is 0 Å². The zero-order valence-electron chi connectivity index (χ0n) is 6.41. The van der Waals surface area contributed by atoms with Crippen molar-refractivity contribution >= 4 is 5.91 Å². The Morgan fingerprint density at radius 3 is 2.07 bits per heavy atom. The lowest BCUT2D eigenvalue weighted by Gasteiger charge is -2.28. The van der Waals surface area contributed by atoms with Crippen LogP contribution in [-0.4, -0.2) is 35.6 Å². The van der Waals surface area contributed by atoms with Gasteiger partial charge in [0, 0.05) is 0 Å². The quantitative estimate of drug-likeness (QED) is 0.545. The van der Waals surface area contributed by atoms with Crippen LogP contribution in [0.15, 0.2) is 0 Å². The average Bonchev–Trinajstić information content (AvgIpc) is 2.12. The van der Waals surface area contributed by atoms with Gasteiger partial charge in [0.1, 0.15) is 6.67 Å². The summed E-state index contributed by atoms with van der Waals surface area (Å²) in [7, 11) is 0. The Labute approximate surface area is 73.6 Å². The van der Waals surface area contributed by atoms with Crippen LogP contribution < -0.4 is 5.54 Å². The fourth-order valence-electron chi connectivity index (χ4n) is 0.552. The highest BCUT2D eigenvalue weighted by Crippen LogP contribution is 2.35. The minimum Gasteiger partial charge on any atom is -0.376 e. The normalized spacial score (nSPS) is 18.5. The van der Waals surface area contributed by atoms with Crippen molar-refractivity contribution in [3.8, 4) is 0 Å². The topological polar surface area (TPSA) is 49.3 Å². The lowest BCUT2D eigenvalue weighted by molar-refractivity contribution is -0.282. The Morgan fingerprint density at radius 2 is 1.86 bits per heavy atom. The van der Waals surface area contributed by atoms with Crippen molar-refractivity contribution in [2.24, 2.45) is 0 Å². The molecule has 1 amide bonds. The molecule has 0 aliphatic rings. The van der Waals surface area contributed by atoms with Gasteiger partial charge in [0.15, 0.2) is 0 Å². The summed E-state index contributed by atoms with van der Waals surface area (Å²) < 4.78 is 71.0. The van der Waals surface area contributed by atoms with E-state index >= 15 is 0 Å². The SMILES string of the molecule is O=C(NF)C(F)C(O)(CF)C(F)(F)F. The molecule has 0 aliphatic carbocycles. The maximum Gasteiger partial charge on any atom is 0.423 e. The monoisotopic (exact) mass is 225 g/mol. The van der Waals surface area contributed by atoms with Gasteiger partial charge in [-0.3, -0.25) is 4.79 Å². The highest BCUT2D eigenvalue weighted by molar-refractivity contribution is 5.81. The minimum absolute atomic E-state index is 0.0362. The van der Waals surface area contributed by atoms with Crippen LogP contribution in [0.5, 0.6) is 0 Å². The van der Waals surface area contributed by atoms with E-state index in [-0.39, 0.29) is 5.54 Å². The summed E-state index contributed by atoms with van der Waals surface area (Å²) in [4.78, 5) is 10.1. The van der Waals surface area contributed by atoms with Gasteiger partial charge in [-0.1, -0.05) is 0 Å². The number of halogens is 6. The molecule has 2 N–H and O–H groups in total. The van der Waals surface area contributed by atoms with E-state index in [2.05, 4.69) is 0 Å². The first-order valence-corrected chi connectivity index (χ1v) is 3.10. The number of nitrogens with one attached hydrogen (secondary N) is 1. The summed E-state index contributed by atoms with van der Waals surface area (Å²) in [5, 5.41) is 8.42. The number of carbonyl (C=O) groups is 1. The molecular formula is C5H5F6NO2. The second-order valence-electron chi connectivity index (χ2n) is 2.38. The zero-order chi connectivity index (χ0) is 11.6. The van der Waals surface area contributed by atoms with Gasteiger partial charge in [0.25, 0.3) is 5.91 Å². The standard InChI is InChI=1S/C5H5F6NO2/c6-1-4(14,5(8,9)10)2(7)3(13)12-11/h2,14H,1H2,(H,12,13). The maximum atomic E-state index is 12.5. The Bertz CT molecular complexity index is 219. The van der Waals surface area contributed by atoms with E-state index in [0.717, 1.165) is 0 Å². The first-order chi connectivity index (χ1) is 6.20. The smallest absolute Gasteiger partial charge is 0.376 e. The predicted octanol–water partition coefficient (Wildman–Crippen LogP) is 0.588. The fraction of sp³-hybridized carbons (Fsp3) is 0.800. The van der Waals surface area contributed by atoms with Crippen molar-refractivity contribution < 1.29 is 36.3 Å². The second-order valence-corrected chi connectivity index (χ2v) is 2.38. The second kappa shape index (κ2) is 4.03. The van der Waals surface area contributed by atoms with Gasteiger partial charge >= 0.3 is 6.18 Å². The molecule has 2 atom stereocenters. The number of amides is 1. The van der Waals surface area contributed by atoms with Crippen molar-refractivity contribution in [2.75, 3.05) is 6.67 Å². The number of carbonyl (C=O) groups excluding carboxylic acids is 1. The minimum atomic E-state index is -5.71. The van der Waals surface area contributed by atoms with Crippen molar-refractivity contribution in [2.45, 2.75) is 17.9 Å². The van der Waals surface area contributed by atoms with Gasteiger partial charge in [-0.2, -0.15) is 18.7 Å². The van der Waals surface area contributed by atoms with E-state index in [0.29, 0.717) is 0 Å². The molecule has 14 heavy (non-hydrogen) atoms. The molecule has 0 fully saturated rings. The van der Waals surface area contributed by atoms with Gasteiger partial charge < -0.3 is 5.11 Å². The molecule has 3 nitrogen and oxygen atoms in total. The first kappa shape index (κ1) is 13.0. The third kappa shape index (κ3) is 2.08. The molecule has 0 rings (SSSR count). The summed E-state index contributed by atoms with van der Waals surface area (Å²) in [6.07, 6.45) is -9.48.